The van der Waals surface area contributed by atoms with Crippen molar-refractivity contribution in [3.8, 4) is 0 Å². The third kappa shape index (κ3) is 2.56. The van der Waals surface area contributed by atoms with E-state index in [1.54, 1.807) is 0 Å². The van der Waals surface area contributed by atoms with Gasteiger partial charge in [-0.1, -0.05) is 18.2 Å². The van der Waals surface area contributed by atoms with Crippen LogP contribution >= 0.6 is 0 Å². The fourth-order valence-electron chi connectivity index (χ4n) is 1.33. The third-order valence-electron chi connectivity index (χ3n) is 1.96. The largest absolute Gasteiger partial charge is 0.258 e. The number of hydrogen-bond donors (Lipinski definition) is 0. The zero-order valence-electron chi connectivity index (χ0n) is 9.39. The van der Waals surface area contributed by atoms with Crippen LogP contribution in [0.25, 0.3) is 5.57 Å². The summed E-state index contributed by atoms with van der Waals surface area (Å²) in [5, 5.41) is 0. The summed E-state index contributed by atoms with van der Waals surface area (Å²) >= 11 is 0. The molecule has 0 saturated heterocycles. The lowest BCUT2D eigenvalue weighted by molar-refractivity contribution is 1.38. The lowest BCUT2D eigenvalue weighted by atomic mass is 10.0. The Morgan fingerprint density at radius 1 is 1.21 bits per heavy atom. The van der Waals surface area contributed by atoms with E-state index in [2.05, 4.69) is 30.6 Å². The Morgan fingerprint density at radius 2 is 1.86 bits per heavy atom. The van der Waals surface area contributed by atoms with Crippen LogP contribution in [0.5, 0.6) is 0 Å². The maximum Gasteiger partial charge on any atom is 0.0703 e. The minimum Gasteiger partial charge on any atom is -0.258 e. The van der Waals surface area contributed by atoms with Gasteiger partial charge in [-0.25, -0.2) is 0 Å². The normalized spacial score (nSPS) is 9.71. The Kier molecular flexibility index (Phi) is 3.23. The van der Waals surface area contributed by atoms with Crippen molar-refractivity contribution in [1.82, 2.24) is 0 Å². The maximum atomic E-state index is 4.48. The van der Waals surface area contributed by atoms with Gasteiger partial charge in [-0.2, -0.15) is 0 Å². The van der Waals surface area contributed by atoms with Gasteiger partial charge in [0.25, 0.3) is 0 Å². The molecule has 0 N–H and O–H groups in total. The second-order valence-corrected chi connectivity index (χ2v) is 3.86. The predicted molar refractivity (Wildman–Crippen MR) is 64.3 cm³/mol. The van der Waals surface area contributed by atoms with Crippen molar-refractivity contribution < 1.29 is 0 Å². The van der Waals surface area contributed by atoms with E-state index in [9.17, 15) is 0 Å². The van der Waals surface area contributed by atoms with E-state index in [1.165, 1.54) is 5.56 Å². The Hall–Kier alpha value is -1.37. The van der Waals surface area contributed by atoms with E-state index in [1.807, 2.05) is 26.8 Å². The van der Waals surface area contributed by atoms with Crippen LogP contribution in [-0.4, -0.2) is 5.71 Å². The summed E-state index contributed by atoms with van der Waals surface area (Å²) < 4.78 is 0. The van der Waals surface area contributed by atoms with E-state index in [0.717, 1.165) is 22.5 Å². The van der Waals surface area contributed by atoms with E-state index in [4.69, 9.17) is 0 Å². The summed E-state index contributed by atoms with van der Waals surface area (Å²) in [5.74, 6) is 0. The van der Waals surface area contributed by atoms with Crippen molar-refractivity contribution >= 4 is 17.0 Å². The van der Waals surface area contributed by atoms with Crippen LogP contribution in [0.4, 0.5) is 5.69 Å². The average Bonchev–Trinajstić information content (AvgIpc) is 2.07. The number of nitrogens with zero attached hydrogens (tertiary/aromatic N) is 1. The first-order chi connectivity index (χ1) is 6.50. The van der Waals surface area contributed by atoms with Crippen molar-refractivity contribution in [1.29, 1.82) is 0 Å². The highest BCUT2D eigenvalue weighted by atomic mass is 14.7. The quantitative estimate of drug-likeness (QED) is 0.617. The van der Waals surface area contributed by atoms with Crippen molar-refractivity contribution in [3.05, 3.63) is 35.9 Å². The average molecular weight is 187 g/mol. The molecule has 74 valence electrons. The molecule has 0 aliphatic heterocycles. The summed E-state index contributed by atoms with van der Waals surface area (Å²) in [6.07, 6.45) is 0. The first-order valence-electron chi connectivity index (χ1n) is 4.79. The zero-order valence-corrected chi connectivity index (χ0v) is 9.39. The van der Waals surface area contributed by atoms with E-state index in [0.29, 0.717) is 0 Å². The monoisotopic (exact) mass is 187 g/mol. The summed E-state index contributed by atoms with van der Waals surface area (Å²) in [6.45, 7) is 12.1. The Labute approximate surface area is 86.2 Å². The molecule has 0 aromatic heterocycles. The lowest BCUT2D eigenvalue weighted by Gasteiger charge is -2.06. The SMILES string of the molecule is C=C(C)c1cc(C)ccc1N=C(C)C. The Morgan fingerprint density at radius 3 is 2.36 bits per heavy atom. The second kappa shape index (κ2) is 4.23. The molecule has 1 rings (SSSR count). The molecule has 0 fully saturated rings. The Balaban J connectivity index is 3.29. The number of allylic oxidation sites excluding steroid dienone is 1. The van der Waals surface area contributed by atoms with Crippen LogP contribution in [0.1, 0.15) is 31.9 Å². The van der Waals surface area contributed by atoms with Crippen LogP contribution in [0.15, 0.2) is 29.8 Å². The van der Waals surface area contributed by atoms with E-state index >= 15 is 0 Å². The van der Waals surface area contributed by atoms with Crippen molar-refractivity contribution in [2.45, 2.75) is 27.7 Å². The molecular weight excluding hydrogens is 170 g/mol. The van der Waals surface area contributed by atoms with E-state index in [-0.39, 0.29) is 0 Å². The van der Waals surface area contributed by atoms with Gasteiger partial charge in [-0.15, -0.1) is 0 Å². The van der Waals surface area contributed by atoms with Gasteiger partial charge < -0.3 is 0 Å². The molecule has 0 aliphatic carbocycles. The fourth-order valence-corrected chi connectivity index (χ4v) is 1.33. The van der Waals surface area contributed by atoms with Crippen LogP contribution in [0, 0.1) is 6.92 Å². The van der Waals surface area contributed by atoms with Crippen LogP contribution < -0.4 is 0 Å². The molecule has 0 aliphatic rings. The molecule has 1 aromatic carbocycles. The molecule has 0 atom stereocenters. The predicted octanol–water partition coefficient (Wildman–Crippen LogP) is 4.14. The molecule has 1 heteroatoms. The summed E-state index contributed by atoms with van der Waals surface area (Å²) in [5.41, 5.74) is 5.54. The molecule has 0 bridgehead atoms. The van der Waals surface area contributed by atoms with E-state index < -0.39 is 0 Å². The van der Waals surface area contributed by atoms with Crippen LogP contribution in [-0.2, 0) is 0 Å². The number of benzene rings is 1. The molecule has 0 radical (unpaired) electrons. The van der Waals surface area contributed by atoms with Gasteiger partial charge in [0.05, 0.1) is 5.69 Å². The fraction of sp³-hybridized carbons (Fsp3) is 0.308. The highest BCUT2D eigenvalue weighted by Gasteiger charge is 2.01. The molecular formula is C13H17N. The van der Waals surface area contributed by atoms with Gasteiger partial charge in [0.15, 0.2) is 0 Å². The molecule has 0 spiro atoms. The summed E-state index contributed by atoms with van der Waals surface area (Å²) in [7, 11) is 0. The minimum atomic E-state index is 1.02. The van der Waals surface area contributed by atoms with Crippen LogP contribution in [0.3, 0.4) is 0 Å². The summed E-state index contributed by atoms with van der Waals surface area (Å²) in [4.78, 5) is 4.48. The number of hydrogen-bond acceptors (Lipinski definition) is 1. The number of rotatable bonds is 2. The summed E-state index contributed by atoms with van der Waals surface area (Å²) in [6, 6.07) is 6.25. The van der Waals surface area contributed by atoms with Crippen molar-refractivity contribution in [2.75, 3.05) is 0 Å². The topological polar surface area (TPSA) is 12.4 Å². The molecule has 0 saturated carbocycles. The van der Waals surface area contributed by atoms with Crippen molar-refractivity contribution in [2.24, 2.45) is 4.99 Å². The highest BCUT2D eigenvalue weighted by Crippen LogP contribution is 2.26. The molecule has 1 nitrogen and oxygen atoms in total. The van der Waals surface area contributed by atoms with Gasteiger partial charge in [0, 0.05) is 11.3 Å². The first-order valence-corrected chi connectivity index (χ1v) is 4.79. The minimum absolute atomic E-state index is 1.02. The van der Waals surface area contributed by atoms with Crippen molar-refractivity contribution in [3.63, 3.8) is 0 Å². The smallest absolute Gasteiger partial charge is 0.0703 e. The lowest BCUT2D eigenvalue weighted by Crippen LogP contribution is -1.85. The second-order valence-electron chi connectivity index (χ2n) is 3.86. The Bertz CT molecular complexity index is 382. The van der Waals surface area contributed by atoms with Gasteiger partial charge in [0.2, 0.25) is 0 Å². The highest BCUT2D eigenvalue weighted by molar-refractivity contribution is 5.84. The standard InChI is InChI=1S/C13H17N/c1-9(2)12-8-11(5)6-7-13(12)14-10(3)4/h6-8H,1H2,2-5H3. The molecule has 14 heavy (non-hydrogen) atoms. The maximum absolute atomic E-state index is 4.48. The molecule has 1 aromatic rings. The van der Waals surface area contributed by atoms with Gasteiger partial charge in [-0.05, 0) is 45.4 Å². The zero-order chi connectivity index (χ0) is 10.7. The number of aliphatic imine (C=N–C) groups is 1. The van der Waals surface area contributed by atoms with Gasteiger partial charge in [0.1, 0.15) is 0 Å². The molecule has 0 amide bonds. The number of aryl methyl sites for hydroxylation is 1. The molecule has 0 heterocycles. The first kappa shape index (κ1) is 10.7. The van der Waals surface area contributed by atoms with Crippen LogP contribution in [0.2, 0.25) is 0 Å². The third-order valence-corrected chi connectivity index (χ3v) is 1.96. The molecule has 0 unspecified atom stereocenters. The van der Waals surface area contributed by atoms with Gasteiger partial charge in [-0.3, -0.25) is 4.99 Å². The van der Waals surface area contributed by atoms with Gasteiger partial charge >= 0.3 is 0 Å².